The molecule has 5 nitrogen and oxygen atoms in total. The summed E-state index contributed by atoms with van der Waals surface area (Å²) >= 11 is 0. The minimum absolute atomic E-state index is 0. The molecule has 0 radical (unpaired) electrons. The maximum absolute atomic E-state index is 12.1. The van der Waals surface area contributed by atoms with Gasteiger partial charge in [-0.25, -0.2) is 0 Å². The Morgan fingerprint density at radius 1 is 1.40 bits per heavy atom. The highest BCUT2D eigenvalue weighted by atomic mass is 35.5. The summed E-state index contributed by atoms with van der Waals surface area (Å²) in [5.41, 5.74) is 1.20. The number of carbonyl (C=O) groups is 2. The van der Waals surface area contributed by atoms with Crippen molar-refractivity contribution in [3.63, 3.8) is 0 Å². The van der Waals surface area contributed by atoms with Gasteiger partial charge in [0.2, 0.25) is 5.91 Å². The molecule has 1 heterocycles. The Balaban J connectivity index is 0.00000200. The summed E-state index contributed by atoms with van der Waals surface area (Å²) in [6, 6.07) is 6.55. The summed E-state index contributed by atoms with van der Waals surface area (Å²) in [5.74, 6) is -0.170. The van der Waals surface area contributed by atoms with E-state index in [1.807, 2.05) is 6.92 Å². The van der Waals surface area contributed by atoms with Crippen molar-refractivity contribution in [2.75, 3.05) is 18.5 Å². The van der Waals surface area contributed by atoms with E-state index in [0.717, 1.165) is 0 Å². The van der Waals surface area contributed by atoms with E-state index in [9.17, 15) is 9.59 Å². The zero-order valence-electron chi connectivity index (χ0n) is 11.5. The third-order valence-electron chi connectivity index (χ3n) is 3.14. The number of morpholine rings is 1. The monoisotopic (exact) mass is 298 g/mol. The van der Waals surface area contributed by atoms with E-state index in [1.54, 1.807) is 24.3 Å². The van der Waals surface area contributed by atoms with E-state index < -0.39 is 0 Å². The molecule has 1 aromatic carbocycles. The van der Waals surface area contributed by atoms with Crippen LogP contribution in [0.3, 0.4) is 0 Å². The molecule has 2 N–H and O–H groups in total. The van der Waals surface area contributed by atoms with E-state index in [4.69, 9.17) is 4.74 Å². The van der Waals surface area contributed by atoms with Crippen LogP contribution in [-0.2, 0) is 9.53 Å². The van der Waals surface area contributed by atoms with E-state index in [0.29, 0.717) is 24.4 Å². The Morgan fingerprint density at radius 2 is 2.15 bits per heavy atom. The predicted molar refractivity (Wildman–Crippen MR) is 79.5 cm³/mol. The topological polar surface area (TPSA) is 67.4 Å². The quantitative estimate of drug-likeness (QED) is 0.832. The highest BCUT2D eigenvalue weighted by molar-refractivity contribution is 5.98. The van der Waals surface area contributed by atoms with Crippen LogP contribution in [0.15, 0.2) is 24.3 Å². The molecule has 0 saturated carbocycles. The van der Waals surface area contributed by atoms with Crippen molar-refractivity contribution < 1.29 is 14.3 Å². The van der Waals surface area contributed by atoms with Gasteiger partial charge in [0, 0.05) is 17.8 Å². The number of anilines is 1. The number of amides is 1. The van der Waals surface area contributed by atoms with Gasteiger partial charge in [0.25, 0.3) is 0 Å². The van der Waals surface area contributed by atoms with Crippen LogP contribution in [0, 0.1) is 0 Å². The number of carbonyl (C=O) groups excluding carboxylic acids is 2. The first kappa shape index (κ1) is 16.6. The van der Waals surface area contributed by atoms with Gasteiger partial charge in [0.15, 0.2) is 5.78 Å². The highest BCUT2D eigenvalue weighted by Gasteiger charge is 2.28. The fraction of sp³-hybridized carbons (Fsp3) is 0.429. The first-order valence-corrected chi connectivity index (χ1v) is 6.35. The maximum atomic E-state index is 12.1. The van der Waals surface area contributed by atoms with Crippen molar-refractivity contribution in [2.24, 2.45) is 0 Å². The van der Waals surface area contributed by atoms with Gasteiger partial charge < -0.3 is 15.4 Å². The molecule has 0 bridgehead atoms. The minimum Gasteiger partial charge on any atom is -0.375 e. The summed E-state index contributed by atoms with van der Waals surface area (Å²) in [4.78, 5) is 23.4. The number of hydrogen-bond acceptors (Lipinski definition) is 4. The summed E-state index contributed by atoms with van der Waals surface area (Å²) in [6.45, 7) is 4.64. The van der Waals surface area contributed by atoms with E-state index in [1.165, 1.54) is 6.92 Å². The predicted octanol–water partition coefficient (Wildman–Crippen LogP) is 1.63. The van der Waals surface area contributed by atoms with Crippen LogP contribution >= 0.6 is 12.4 Å². The van der Waals surface area contributed by atoms with Gasteiger partial charge in [0.05, 0.1) is 12.7 Å². The van der Waals surface area contributed by atoms with Gasteiger partial charge in [-0.1, -0.05) is 12.1 Å². The third-order valence-corrected chi connectivity index (χ3v) is 3.14. The van der Waals surface area contributed by atoms with Gasteiger partial charge >= 0.3 is 0 Å². The number of benzene rings is 1. The van der Waals surface area contributed by atoms with Gasteiger partial charge in [0.1, 0.15) is 6.04 Å². The fourth-order valence-electron chi connectivity index (χ4n) is 2.06. The summed E-state index contributed by atoms with van der Waals surface area (Å²) in [7, 11) is 0. The fourth-order valence-corrected chi connectivity index (χ4v) is 2.06. The molecule has 1 amide bonds. The molecule has 20 heavy (non-hydrogen) atoms. The van der Waals surface area contributed by atoms with E-state index in [-0.39, 0.29) is 36.2 Å². The second-order valence-electron chi connectivity index (χ2n) is 4.63. The summed E-state index contributed by atoms with van der Waals surface area (Å²) < 4.78 is 5.43. The van der Waals surface area contributed by atoms with Gasteiger partial charge in [-0.3, -0.25) is 9.59 Å². The minimum atomic E-state index is -0.366. The number of ether oxygens (including phenoxy) is 1. The lowest BCUT2D eigenvalue weighted by Gasteiger charge is -2.29. The molecule has 0 unspecified atom stereocenters. The van der Waals surface area contributed by atoms with E-state index in [2.05, 4.69) is 10.6 Å². The lowest BCUT2D eigenvalue weighted by Crippen LogP contribution is -2.53. The lowest BCUT2D eigenvalue weighted by atomic mass is 10.1. The molecule has 1 aliphatic heterocycles. The molecule has 0 spiro atoms. The van der Waals surface area contributed by atoms with Crippen molar-refractivity contribution in [1.29, 1.82) is 0 Å². The zero-order valence-corrected chi connectivity index (χ0v) is 12.3. The number of hydrogen-bond donors (Lipinski definition) is 2. The molecule has 1 aromatic rings. The van der Waals surface area contributed by atoms with Crippen molar-refractivity contribution in [3.8, 4) is 0 Å². The number of Topliss-reactive ketones (excluding diaryl/α,β-unsaturated/α-hetero) is 1. The average Bonchev–Trinajstić information content (AvgIpc) is 2.39. The van der Waals surface area contributed by atoms with Crippen molar-refractivity contribution in [2.45, 2.75) is 26.0 Å². The maximum Gasteiger partial charge on any atom is 0.244 e. The smallest absolute Gasteiger partial charge is 0.244 e. The molecule has 2 rings (SSSR count). The summed E-state index contributed by atoms with van der Waals surface area (Å²) in [6.07, 6.45) is -0.162. The molecule has 1 saturated heterocycles. The molecule has 6 heteroatoms. The summed E-state index contributed by atoms with van der Waals surface area (Å²) in [5, 5.41) is 5.93. The normalized spacial score (nSPS) is 21.7. The molecule has 1 fully saturated rings. The molecule has 2 atom stereocenters. The molecule has 110 valence electrons. The Labute approximate surface area is 124 Å². The van der Waals surface area contributed by atoms with Crippen molar-refractivity contribution >= 4 is 29.8 Å². The molecule has 0 aliphatic carbocycles. The third kappa shape index (κ3) is 4.03. The van der Waals surface area contributed by atoms with Gasteiger partial charge in [-0.2, -0.15) is 0 Å². The second-order valence-corrected chi connectivity index (χ2v) is 4.63. The van der Waals surface area contributed by atoms with Crippen LogP contribution in [0.1, 0.15) is 24.2 Å². The van der Waals surface area contributed by atoms with Gasteiger partial charge in [-0.15, -0.1) is 12.4 Å². The van der Waals surface area contributed by atoms with Crippen LogP contribution in [0.2, 0.25) is 0 Å². The van der Waals surface area contributed by atoms with Crippen LogP contribution in [-0.4, -0.2) is 37.0 Å². The Morgan fingerprint density at radius 3 is 2.80 bits per heavy atom. The first-order chi connectivity index (χ1) is 9.08. The Kier molecular flexibility index (Phi) is 6.13. The number of halogens is 1. The molecule has 0 aromatic heterocycles. The standard InChI is InChI=1S/C14H18N2O3.ClH/c1-9(17)11-4-3-5-12(8-11)16-14(18)13-10(2)19-7-6-15-13;/h3-5,8,10,13,15H,6-7H2,1-2H3,(H,16,18);1H/t10-,13+;/m1./s1. The van der Waals surface area contributed by atoms with Gasteiger partial charge in [-0.05, 0) is 26.0 Å². The van der Waals surface area contributed by atoms with Crippen LogP contribution in [0.5, 0.6) is 0 Å². The highest BCUT2D eigenvalue weighted by Crippen LogP contribution is 2.13. The molecule has 1 aliphatic rings. The number of nitrogens with one attached hydrogen (secondary N) is 2. The van der Waals surface area contributed by atoms with E-state index >= 15 is 0 Å². The molecular weight excluding hydrogens is 280 g/mol. The van der Waals surface area contributed by atoms with Crippen LogP contribution in [0.25, 0.3) is 0 Å². The number of ketones is 1. The average molecular weight is 299 g/mol. The first-order valence-electron chi connectivity index (χ1n) is 6.35. The van der Waals surface area contributed by atoms with Crippen LogP contribution < -0.4 is 10.6 Å². The van der Waals surface area contributed by atoms with Crippen LogP contribution in [0.4, 0.5) is 5.69 Å². The largest absolute Gasteiger partial charge is 0.375 e. The van der Waals surface area contributed by atoms with Crippen molar-refractivity contribution in [3.05, 3.63) is 29.8 Å². The second kappa shape index (κ2) is 7.38. The lowest BCUT2D eigenvalue weighted by molar-refractivity contribution is -0.123. The van der Waals surface area contributed by atoms with Crippen molar-refractivity contribution in [1.82, 2.24) is 5.32 Å². The molecular formula is C14H19ClN2O3. The zero-order chi connectivity index (χ0) is 13.8. The Bertz CT molecular complexity index is 493. The SMILES string of the molecule is CC(=O)c1cccc(NC(=O)[C@H]2NCCO[C@@H]2C)c1.Cl. The Hall–Kier alpha value is -1.43. The number of rotatable bonds is 3.